The van der Waals surface area contributed by atoms with Crippen LogP contribution in [0, 0.1) is 16.7 Å². The summed E-state index contributed by atoms with van der Waals surface area (Å²) in [6.45, 7) is 5.15. The highest BCUT2D eigenvalue weighted by Crippen LogP contribution is 2.20. The third-order valence-corrected chi connectivity index (χ3v) is 2.68. The Morgan fingerprint density at radius 1 is 1.30 bits per heavy atom. The van der Waals surface area contributed by atoms with Gasteiger partial charge in [0, 0.05) is 0 Å². The van der Waals surface area contributed by atoms with Crippen LogP contribution in [-0.4, -0.2) is 23.1 Å². The van der Waals surface area contributed by atoms with E-state index in [1.54, 1.807) is 45.0 Å². The van der Waals surface area contributed by atoms with E-state index in [-0.39, 0.29) is 0 Å². The number of carboxylic acid groups (broad SMARTS) is 1. The molecule has 1 aromatic rings. The SMILES string of the molecule is CC(C)(C)C(NC(=O)Nc1ccccc1C#N)C(=O)O. The van der Waals surface area contributed by atoms with Crippen LogP contribution in [0.4, 0.5) is 10.5 Å². The van der Waals surface area contributed by atoms with Crippen LogP contribution in [0.2, 0.25) is 0 Å². The Kier molecular flexibility index (Phi) is 4.70. The van der Waals surface area contributed by atoms with Crippen LogP contribution in [0.1, 0.15) is 26.3 Å². The van der Waals surface area contributed by atoms with Gasteiger partial charge in [-0.25, -0.2) is 9.59 Å². The highest BCUT2D eigenvalue weighted by Gasteiger charge is 2.32. The van der Waals surface area contributed by atoms with Crippen LogP contribution in [0.3, 0.4) is 0 Å². The minimum atomic E-state index is -1.11. The van der Waals surface area contributed by atoms with Gasteiger partial charge in [-0.1, -0.05) is 32.9 Å². The highest BCUT2D eigenvalue weighted by molar-refractivity contribution is 5.93. The van der Waals surface area contributed by atoms with Gasteiger partial charge in [0.25, 0.3) is 0 Å². The normalized spacial score (nSPS) is 12.1. The predicted molar refractivity (Wildman–Crippen MR) is 74.2 cm³/mol. The summed E-state index contributed by atoms with van der Waals surface area (Å²) in [7, 11) is 0. The lowest BCUT2D eigenvalue weighted by Gasteiger charge is -2.27. The molecule has 0 bridgehead atoms. The molecule has 0 saturated carbocycles. The molecule has 3 N–H and O–H groups in total. The molecule has 6 nitrogen and oxygen atoms in total. The number of carbonyl (C=O) groups excluding carboxylic acids is 1. The van der Waals surface area contributed by atoms with Crippen molar-refractivity contribution in [2.45, 2.75) is 26.8 Å². The second-order valence-corrected chi connectivity index (χ2v) is 5.39. The summed E-state index contributed by atoms with van der Waals surface area (Å²) in [6, 6.07) is 6.75. The molecule has 0 radical (unpaired) electrons. The molecule has 0 spiro atoms. The minimum absolute atomic E-state index is 0.310. The van der Waals surface area contributed by atoms with Crippen molar-refractivity contribution >= 4 is 17.7 Å². The van der Waals surface area contributed by atoms with E-state index in [0.717, 1.165) is 0 Å². The van der Waals surface area contributed by atoms with E-state index in [9.17, 15) is 9.59 Å². The zero-order valence-electron chi connectivity index (χ0n) is 11.6. The summed E-state index contributed by atoms with van der Waals surface area (Å²) < 4.78 is 0. The number of para-hydroxylation sites is 1. The third-order valence-electron chi connectivity index (χ3n) is 2.68. The van der Waals surface area contributed by atoms with Crippen molar-refractivity contribution in [1.29, 1.82) is 5.26 Å². The molecule has 0 fully saturated rings. The average molecular weight is 275 g/mol. The number of rotatable bonds is 3. The molecule has 106 valence electrons. The molecule has 0 aliphatic rings. The van der Waals surface area contributed by atoms with E-state index < -0.39 is 23.5 Å². The van der Waals surface area contributed by atoms with Gasteiger partial charge >= 0.3 is 12.0 Å². The van der Waals surface area contributed by atoms with Gasteiger partial charge in [-0.15, -0.1) is 0 Å². The molecule has 1 aromatic carbocycles. The van der Waals surface area contributed by atoms with Gasteiger partial charge < -0.3 is 15.7 Å². The average Bonchev–Trinajstić information content (AvgIpc) is 2.35. The van der Waals surface area contributed by atoms with Crippen LogP contribution in [-0.2, 0) is 4.79 Å². The van der Waals surface area contributed by atoms with Crippen LogP contribution < -0.4 is 10.6 Å². The van der Waals surface area contributed by atoms with Crippen molar-refractivity contribution in [3.63, 3.8) is 0 Å². The summed E-state index contributed by atoms with van der Waals surface area (Å²) >= 11 is 0. The minimum Gasteiger partial charge on any atom is -0.480 e. The number of aliphatic carboxylic acids is 1. The summed E-state index contributed by atoms with van der Waals surface area (Å²) in [5.41, 5.74) is 0.0219. The first-order valence-electron chi connectivity index (χ1n) is 6.05. The number of hydrogen-bond donors (Lipinski definition) is 3. The van der Waals surface area contributed by atoms with Crippen molar-refractivity contribution in [2.24, 2.45) is 5.41 Å². The second kappa shape index (κ2) is 6.06. The number of carbonyl (C=O) groups is 2. The summed E-state index contributed by atoms with van der Waals surface area (Å²) in [5, 5.41) is 22.9. The Bertz CT molecular complexity index is 556. The fourth-order valence-electron chi connectivity index (χ4n) is 1.63. The zero-order valence-corrected chi connectivity index (χ0v) is 11.6. The Balaban J connectivity index is 2.82. The molecule has 1 rings (SSSR count). The fraction of sp³-hybridized carbons (Fsp3) is 0.357. The Hall–Kier alpha value is -2.55. The van der Waals surface area contributed by atoms with E-state index >= 15 is 0 Å². The maximum Gasteiger partial charge on any atom is 0.326 e. The monoisotopic (exact) mass is 275 g/mol. The molecular weight excluding hydrogens is 258 g/mol. The molecule has 1 atom stereocenters. The largest absolute Gasteiger partial charge is 0.480 e. The molecule has 20 heavy (non-hydrogen) atoms. The molecule has 1 unspecified atom stereocenters. The third kappa shape index (κ3) is 3.99. The van der Waals surface area contributed by atoms with Crippen LogP contribution in [0.5, 0.6) is 0 Å². The summed E-state index contributed by atoms with van der Waals surface area (Å²) in [5.74, 6) is -1.11. The number of urea groups is 1. The highest BCUT2D eigenvalue weighted by atomic mass is 16.4. The number of nitrogens with one attached hydrogen (secondary N) is 2. The van der Waals surface area contributed by atoms with Crippen molar-refractivity contribution in [1.82, 2.24) is 5.32 Å². The Morgan fingerprint density at radius 3 is 2.40 bits per heavy atom. The van der Waals surface area contributed by atoms with E-state index in [1.165, 1.54) is 0 Å². The van der Waals surface area contributed by atoms with Crippen molar-refractivity contribution in [3.8, 4) is 6.07 Å². The number of anilines is 1. The fourth-order valence-corrected chi connectivity index (χ4v) is 1.63. The first-order valence-corrected chi connectivity index (χ1v) is 6.05. The van der Waals surface area contributed by atoms with Crippen molar-refractivity contribution in [3.05, 3.63) is 29.8 Å². The van der Waals surface area contributed by atoms with Gasteiger partial charge in [0.2, 0.25) is 0 Å². The quantitative estimate of drug-likeness (QED) is 0.786. The van der Waals surface area contributed by atoms with E-state index in [2.05, 4.69) is 10.6 Å². The van der Waals surface area contributed by atoms with Gasteiger partial charge in [0.15, 0.2) is 0 Å². The molecule has 0 heterocycles. The van der Waals surface area contributed by atoms with Crippen molar-refractivity contribution < 1.29 is 14.7 Å². The lowest BCUT2D eigenvalue weighted by Crippen LogP contribution is -2.50. The lowest BCUT2D eigenvalue weighted by atomic mass is 9.87. The molecule has 0 aliphatic carbocycles. The topological polar surface area (TPSA) is 102 Å². The van der Waals surface area contributed by atoms with E-state index in [0.29, 0.717) is 11.3 Å². The summed E-state index contributed by atoms with van der Waals surface area (Å²) in [4.78, 5) is 23.0. The van der Waals surface area contributed by atoms with Crippen LogP contribution >= 0.6 is 0 Å². The first-order chi connectivity index (χ1) is 9.25. The maximum atomic E-state index is 11.8. The number of hydrogen-bond acceptors (Lipinski definition) is 3. The number of nitriles is 1. The molecule has 6 heteroatoms. The number of amides is 2. The summed E-state index contributed by atoms with van der Waals surface area (Å²) in [6.07, 6.45) is 0. The number of nitrogens with zero attached hydrogens (tertiary/aromatic N) is 1. The van der Waals surface area contributed by atoms with Gasteiger partial charge in [0.05, 0.1) is 11.3 Å². The van der Waals surface area contributed by atoms with E-state index in [4.69, 9.17) is 10.4 Å². The molecule has 2 amide bonds. The Labute approximate surface area is 117 Å². The van der Waals surface area contributed by atoms with Crippen LogP contribution in [0.25, 0.3) is 0 Å². The maximum absolute atomic E-state index is 11.8. The molecule has 0 aliphatic heterocycles. The predicted octanol–water partition coefficient (Wildman–Crippen LogP) is 2.18. The van der Waals surface area contributed by atoms with Crippen LogP contribution in [0.15, 0.2) is 24.3 Å². The second-order valence-electron chi connectivity index (χ2n) is 5.39. The Morgan fingerprint density at radius 2 is 1.90 bits per heavy atom. The van der Waals surface area contributed by atoms with Gasteiger partial charge in [0.1, 0.15) is 12.1 Å². The molecule has 0 aromatic heterocycles. The van der Waals surface area contributed by atoms with Gasteiger partial charge in [-0.3, -0.25) is 0 Å². The molecular formula is C14H17N3O3. The number of carboxylic acids is 1. The van der Waals surface area contributed by atoms with Gasteiger partial charge in [-0.05, 0) is 17.5 Å². The molecule has 0 saturated heterocycles. The standard InChI is InChI=1S/C14H17N3O3/c1-14(2,3)11(12(18)19)17-13(20)16-10-7-5-4-6-9(10)8-15/h4-7,11H,1-3H3,(H,18,19)(H2,16,17,20). The smallest absolute Gasteiger partial charge is 0.326 e. The van der Waals surface area contributed by atoms with E-state index in [1.807, 2.05) is 6.07 Å². The van der Waals surface area contributed by atoms with Crippen molar-refractivity contribution in [2.75, 3.05) is 5.32 Å². The first kappa shape index (κ1) is 15.5. The van der Waals surface area contributed by atoms with Gasteiger partial charge in [-0.2, -0.15) is 5.26 Å². The lowest BCUT2D eigenvalue weighted by molar-refractivity contribution is -0.141. The number of benzene rings is 1. The zero-order chi connectivity index (χ0) is 15.3.